The molecule has 0 nitrogen and oxygen atoms in total. The highest BCUT2D eigenvalue weighted by Gasteiger charge is 2.19. The van der Waals surface area contributed by atoms with Crippen LogP contribution in [0.4, 0.5) is 0 Å². The van der Waals surface area contributed by atoms with Crippen molar-refractivity contribution in [1.29, 1.82) is 0 Å². The first-order chi connectivity index (χ1) is 24.8. The molecule has 0 radical (unpaired) electrons. The second-order valence-corrected chi connectivity index (χ2v) is 12.4. The molecular formula is C50H38. The first kappa shape index (κ1) is 31.1. The minimum Gasteiger partial charge on any atom is -0.0683 e. The van der Waals surface area contributed by atoms with Crippen LogP contribution in [0.2, 0.25) is 0 Å². The van der Waals surface area contributed by atoms with Crippen LogP contribution in [-0.4, -0.2) is 0 Å². The van der Waals surface area contributed by atoms with E-state index >= 15 is 0 Å². The highest BCUT2D eigenvalue weighted by atomic mass is 14.2. The first-order valence-corrected chi connectivity index (χ1v) is 17.6. The Kier molecular flexibility index (Phi) is 8.51. The van der Waals surface area contributed by atoms with Crippen molar-refractivity contribution in [3.05, 3.63) is 194 Å². The largest absolute Gasteiger partial charge is 0.0683 e. The third kappa shape index (κ3) is 5.55. The lowest BCUT2D eigenvalue weighted by molar-refractivity contribution is 1.50. The second-order valence-electron chi connectivity index (χ2n) is 12.4. The lowest BCUT2D eigenvalue weighted by atomic mass is 9.83. The highest BCUT2D eigenvalue weighted by molar-refractivity contribution is 6.23. The fraction of sp³-hybridized carbons (Fsp3) is 0.0400. The van der Waals surface area contributed by atoms with E-state index in [2.05, 4.69) is 194 Å². The van der Waals surface area contributed by atoms with E-state index in [1.54, 1.807) is 0 Å². The standard InChI is InChI=1S/C48H32.C2H6/c1-2-14-33(15-3-1)34-28-30-35(31-29-34)37-18-12-19-38(32-37)47-43-23-8-10-25-45(43)48(46-26-11-9-24-44(46)47)42-22-7-6-21-41(42)40-27-13-17-36-16-4-5-20-39(36)40;1-2/h1-32H;1-2H3. The van der Waals surface area contributed by atoms with Crippen LogP contribution in [-0.2, 0) is 0 Å². The minimum atomic E-state index is 1.21. The molecule has 9 aromatic carbocycles. The maximum absolute atomic E-state index is 2.36. The quantitative estimate of drug-likeness (QED) is 0.165. The highest BCUT2D eigenvalue weighted by Crippen LogP contribution is 2.47. The van der Waals surface area contributed by atoms with Crippen molar-refractivity contribution in [2.75, 3.05) is 0 Å². The van der Waals surface area contributed by atoms with Crippen molar-refractivity contribution in [3.8, 4) is 55.6 Å². The van der Waals surface area contributed by atoms with E-state index in [1.807, 2.05) is 13.8 Å². The summed E-state index contributed by atoms with van der Waals surface area (Å²) in [6.45, 7) is 4.00. The average molecular weight is 639 g/mol. The maximum atomic E-state index is 2.36. The van der Waals surface area contributed by atoms with Crippen molar-refractivity contribution in [1.82, 2.24) is 0 Å². The van der Waals surface area contributed by atoms with Gasteiger partial charge in [0.05, 0.1) is 0 Å². The molecular weight excluding hydrogens is 601 g/mol. The third-order valence-corrected chi connectivity index (χ3v) is 9.68. The number of rotatable bonds is 5. The van der Waals surface area contributed by atoms with Gasteiger partial charge in [-0.25, -0.2) is 0 Å². The molecule has 0 aliphatic heterocycles. The molecule has 0 unspecified atom stereocenters. The predicted molar refractivity (Wildman–Crippen MR) is 217 cm³/mol. The van der Waals surface area contributed by atoms with Gasteiger partial charge in [0.1, 0.15) is 0 Å². The molecule has 0 bridgehead atoms. The monoisotopic (exact) mass is 638 g/mol. The van der Waals surface area contributed by atoms with Gasteiger partial charge in [-0.1, -0.05) is 202 Å². The van der Waals surface area contributed by atoms with Crippen LogP contribution in [0.15, 0.2) is 194 Å². The second kappa shape index (κ2) is 13.7. The van der Waals surface area contributed by atoms with Crippen LogP contribution in [0, 0.1) is 0 Å². The third-order valence-electron chi connectivity index (χ3n) is 9.68. The number of fused-ring (bicyclic) bond motifs is 3. The Morgan fingerprint density at radius 1 is 0.240 bits per heavy atom. The molecule has 0 aliphatic carbocycles. The van der Waals surface area contributed by atoms with Crippen LogP contribution >= 0.6 is 0 Å². The number of hydrogen-bond donors (Lipinski definition) is 0. The summed E-state index contributed by atoms with van der Waals surface area (Å²) in [6, 6.07) is 70.7. The number of benzene rings is 9. The van der Waals surface area contributed by atoms with E-state index in [0.29, 0.717) is 0 Å². The van der Waals surface area contributed by atoms with E-state index in [4.69, 9.17) is 0 Å². The Morgan fingerprint density at radius 2 is 0.640 bits per heavy atom. The molecule has 0 spiro atoms. The van der Waals surface area contributed by atoms with E-state index in [-0.39, 0.29) is 0 Å². The summed E-state index contributed by atoms with van der Waals surface area (Å²) in [5.41, 5.74) is 12.4. The van der Waals surface area contributed by atoms with Crippen molar-refractivity contribution in [2.45, 2.75) is 13.8 Å². The first-order valence-electron chi connectivity index (χ1n) is 17.6. The SMILES string of the molecule is CC.c1ccc(-c2ccc(-c3cccc(-c4c5ccccc5c(-c5ccccc5-c5cccc6ccccc56)c5ccccc45)c3)cc2)cc1. The summed E-state index contributed by atoms with van der Waals surface area (Å²) in [5.74, 6) is 0. The molecule has 0 amide bonds. The maximum Gasteiger partial charge on any atom is -0.00201 e. The Hall–Kier alpha value is -6.24. The van der Waals surface area contributed by atoms with E-state index in [9.17, 15) is 0 Å². The zero-order chi connectivity index (χ0) is 33.9. The lowest BCUT2D eigenvalue weighted by Crippen LogP contribution is -1.93. The van der Waals surface area contributed by atoms with Gasteiger partial charge in [0, 0.05) is 0 Å². The van der Waals surface area contributed by atoms with Gasteiger partial charge in [-0.15, -0.1) is 0 Å². The van der Waals surface area contributed by atoms with Gasteiger partial charge in [0.2, 0.25) is 0 Å². The van der Waals surface area contributed by atoms with Gasteiger partial charge >= 0.3 is 0 Å². The Morgan fingerprint density at radius 3 is 1.30 bits per heavy atom. The van der Waals surface area contributed by atoms with Gasteiger partial charge in [-0.2, -0.15) is 0 Å². The van der Waals surface area contributed by atoms with E-state index in [1.165, 1.54) is 88.0 Å². The Balaban J connectivity index is 0.00000177. The fourth-order valence-corrected chi connectivity index (χ4v) is 7.47. The minimum absolute atomic E-state index is 1.21. The summed E-state index contributed by atoms with van der Waals surface area (Å²) < 4.78 is 0. The molecule has 0 heteroatoms. The zero-order valence-corrected chi connectivity index (χ0v) is 28.5. The molecule has 0 N–H and O–H groups in total. The van der Waals surface area contributed by atoms with Crippen LogP contribution in [0.3, 0.4) is 0 Å². The van der Waals surface area contributed by atoms with Crippen molar-refractivity contribution in [3.63, 3.8) is 0 Å². The Labute approximate surface area is 294 Å². The normalized spacial score (nSPS) is 11.0. The molecule has 0 fully saturated rings. The summed E-state index contributed by atoms with van der Waals surface area (Å²) >= 11 is 0. The predicted octanol–water partition coefficient (Wildman–Crippen LogP) is 14.5. The van der Waals surface area contributed by atoms with Gasteiger partial charge in [-0.05, 0) is 94.0 Å². The summed E-state index contributed by atoms with van der Waals surface area (Å²) in [7, 11) is 0. The molecule has 9 rings (SSSR count). The van der Waals surface area contributed by atoms with Gasteiger partial charge in [0.25, 0.3) is 0 Å². The molecule has 0 heterocycles. The van der Waals surface area contributed by atoms with E-state index < -0.39 is 0 Å². The topological polar surface area (TPSA) is 0 Å². The molecule has 50 heavy (non-hydrogen) atoms. The van der Waals surface area contributed by atoms with Crippen LogP contribution < -0.4 is 0 Å². The molecule has 0 atom stereocenters. The average Bonchev–Trinajstić information content (AvgIpc) is 3.21. The van der Waals surface area contributed by atoms with Gasteiger partial charge in [0.15, 0.2) is 0 Å². The van der Waals surface area contributed by atoms with Gasteiger partial charge in [-0.3, -0.25) is 0 Å². The van der Waals surface area contributed by atoms with Crippen molar-refractivity contribution < 1.29 is 0 Å². The zero-order valence-electron chi connectivity index (χ0n) is 28.5. The molecule has 0 saturated carbocycles. The van der Waals surface area contributed by atoms with Crippen LogP contribution in [0.25, 0.3) is 88.0 Å². The van der Waals surface area contributed by atoms with Crippen molar-refractivity contribution in [2.24, 2.45) is 0 Å². The van der Waals surface area contributed by atoms with Gasteiger partial charge < -0.3 is 0 Å². The summed E-state index contributed by atoms with van der Waals surface area (Å²) in [4.78, 5) is 0. The summed E-state index contributed by atoms with van der Waals surface area (Å²) in [5, 5.41) is 7.56. The fourth-order valence-electron chi connectivity index (χ4n) is 7.47. The number of hydrogen-bond acceptors (Lipinski definition) is 0. The van der Waals surface area contributed by atoms with E-state index in [0.717, 1.165) is 0 Å². The molecule has 0 aromatic heterocycles. The molecule has 0 saturated heterocycles. The molecule has 9 aromatic rings. The smallest absolute Gasteiger partial charge is 0.00201 e. The molecule has 238 valence electrons. The molecule has 0 aliphatic rings. The van der Waals surface area contributed by atoms with Crippen molar-refractivity contribution >= 4 is 32.3 Å². The Bertz CT molecular complexity index is 2530. The lowest BCUT2D eigenvalue weighted by Gasteiger charge is -2.20. The summed E-state index contributed by atoms with van der Waals surface area (Å²) in [6.07, 6.45) is 0. The van der Waals surface area contributed by atoms with Crippen LogP contribution in [0.5, 0.6) is 0 Å². The van der Waals surface area contributed by atoms with Crippen LogP contribution in [0.1, 0.15) is 13.8 Å².